The maximum absolute atomic E-state index is 12.6. The topological polar surface area (TPSA) is 58.2 Å². The van der Waals surface area contributed by atoms with Crippen molar-refractivity contribution in [3.05, 3.63) is 34.9 Å². The highest BCUT2D eigenvalue weighted by Gasteiger charge is 2.41. The number of aryl methyl sites for hydroxylation is 2. The molecule has 4 nitrogen and oxygen atoms in total. The van der Waals surface area contributed by atoms with Gasteiger partial charge < -0.3 is 10.6 Å². The van der Waals surface area contributed by atoms with Gasteiger partial charge in [-0.3, -0.25) is 9.59 Å². The third-order valence-electron chi connectivity index (χ3n) is 5.26. The van der Waals surface area contributed by atoms with Gasteiger partial charge in [0.2, 0.25) is 11.8 Å². The molecule has 2 N–H and O–H groups in total. The van der Waals surface area contributed by atoms with E-state index in [1.54, 1.807) is 0 Å². The average Bonchev–Trinajstić information content (AvgIpc) is 2.92. The normalized spacial score (nSPS) is 24.7. The van der Waals surface area contributed by atoms with Crippen molar-refractivity contribution in [3.63, 3.8) is 0 Å². The van der Waals surface area contributed by atoms with Crippen LogP contribution in [0.2, 0.25) is 0 Å². The molecule has 1 aromatic rings. The van der Waals surface area contributed by atoms with E-state index in [0.717, 1.165) is 12.8 Å². The van der Waals surface area contributed by atoms with Crippen LogP contribution in [0.15, 0.2) is 18.2 Å². The number of carbonyl (C=O) groups is 2. The van der Waals surface area contributed by atoms with Gasteiger partial charge >= 0.3 is 0 Å². The number of hydrogen-bond acceptors (Lipinski definition) is 2. The molecule has 2 aliphatic rings. The maximum atomic E-state index is 12.6. The first-order valence-corrected chi connectivity index (χ1v) is 8.71. The summed E-state index contributed by atoms with van der Waals surface area (Å²) in [6.07, 6.45) is 5.97. The van der Waals surface area contributed by atoms with Gasteiger partial charge in [-0.25, -0.2) is 0 Å². The zero-order chi connectivity index (χ0) is 16.4. The van der Waals surface area contributed by atoms with E-state index in [2.05, 4.69) is 35.8 Å². The molecule has 0 aromatic heterocycles. The van der Waals surface area contributed by atoms with Crippen molar-refractivity contribution in [1.82, 2.24) is 10.6 Å². The van der Waals surface area contributed by atoms with Crippen molar-refractivity contribution in [1.29, 1.82) is 0 Å². The molecule has 1 aromatic carbocycles. The second kappa shape index (κ2) is 6.34. The van der Waals surface area contributed by atoms with E-state index in [1.807, 2.05) is 6.92 Å². The van der Waals surface area contributed by atoms with Crippen LogP contribution in [-0.2, 0) is 22.4 Å². The lowest BCUT2D eigenvalue weighted by atomic mass is 9.86. The van der Waals surface area contributed by atoms with Gasteiger partial charge in [-0.2, -0.15) is 0 Å². The van der Waals surface area contributed by atoms with Crippen LogP contribution in [0.4, 0.5) is 0 Å². The summed E-state index contributed by atoms with van der Waals surface area (Å²) in [5.41, 5.74) is 3.45. The maximum Gasteiger partial charge on any atom is 0.228 e. The van der Waals surface area contributed by atoms with Gasteiger partial charge in [0.1, 0.15) is 0 Å². The minimum atomic E-state index is -0.626. The smallest absolute Gasteiger partial charge is 0.228 e. The summed E-state index contributed by atoms with van der Waals surface area (Å²) in [7, 11) is 0. The molecule has 1 heterocycles. The van der Waals surface area contributed by atoms with E-state index in [1.165, 1.54) is 36.0 Å². The zero-order valence-corrected chi connectivity index (χ0v) is 14.1. The third-order valence-corrected chi connectivity index (χ3v) is 5.26. The Balaban J connectivity index is 1.75. The van der Waals surface area contributed by atoms with Gasteiger partial charge in [0.15, 0.2) is 0 Å². The summed E-state index contributed by atoms with van der Waals surface area (Å²) >= 11 is 0. The van der Waals surface area contributed by atoms with Crippen LogP contribution in [0.3, 0.4) is 0 Å². The van der Waals surface area contributed by atoms with E-state index in [4.69, 9.17) is 0 Å². The summed E-state index contributed by atoms with van der Waals surface area (Å²) in [4.78, 5) is 24.1. The Hall–Kier alpha value is -1.84. The summed E-state index contributed by atoms with van der Waals surface area (Å²) in [6, 6.07) is 6.66. The summed E-state index contributed by atoms with van der Waals surface area (Å²) in [5.74, 6) is -0.0649. The van der Waals surface area contributed by atoms with E-state index in [9.17, 15) is 9.59 Å². The molecule has 0 spiro atoms. The van der Waals surface area contributed by atoms with Crippen LogP contribution in [0.1, 0.15) is 62.3 Å². The molecule has 1 aliphatic heterocycles. The highest BCUT2D eigenvalue weighted by Crippen LogP contribution is 2.29. The molecule has 2 atom stereocenters. The van der Waals surface area contributed by atoms with E-state index < -0.39 is 5.41 Å². The van der Waals surface area contributed by atoms with Gasteiger partial charge in [-0.15, -0.1) is 0 Å². The van der Waals surface area contributed by atoms with Crippen LogP contribution in [0, 0.1) is 5.41 Å². The number of rotatable bonds is 4. The predicted molar refractivity (Wildman–Crippen MR) is 90.0 cm³/mol. The van der Waals surface area contributed by atoms with Crippen molar-refractivity contribution >= 4 is 11.8 Å². The number of benzene rings is 1. The summed E-state index contributed by atoms with van der Waals surface area (Å²) in [5, 5.41) is 5.92. The lowest BCUT2D eigenvalue weighted by Gasteiger charge is -2.26. The number of amides is 2. The molecule has 1 fully saturated rings. The Labute approximate surface area is 138 Å². The van der Waals surface area contributed by atoms with Crippen molar-refractivity contribution in [2.75, 3.05) is 6.54 Å². The first kappa shape index (κ1) is 16.0. The zero-order valence-electron chi connectivity index (χ0n) is 14.1. The number of fused-ring (bicyclic) bond motifs is 1. The summed E-state index contributed by atoms with van der Waals surface area (Å²) < 4.78 is 0. The molecule has 3 rings (SSSR count). The van der Waals surface area contributed by atoms with Crippen molar-refractivity contribution < 1.29 is 9.59 Å². The number of hydrogen-bond donors (Lipinski definition) is 2. The highest BCUT2D eigenvalue weighted by molar-refractivity contribution is 5.92. The Morgan fingerprint density at radius 1 is 1.30 bits per heavy atom. The van der Waals surface area contributed by atoms with Gasteiger partial charge in [-0.05, 0) is 55.7 Å². The molecule has 2 amide bonds. The molecule has 0 bridgehead atoms. The molecular formula is C19H26N2O2. The second-order valence-electron chi connectivity index (χ2n) is 7.18. The van der Waals surface area contributed by atoms with Gasteiger partial charge in [0.05, 0.1) is 11.5 Å². The molecule has 1 saturated heterocycles. The van der Waals surface area contributed by atoms with Gasteiger partial charge in [-0.1, -0.05) is 25.1 Å². The molecule has 1 aliphatic carbocycles. The van der Waals surface area contributed by atoms with Crippen molar-refractivity contribution in [2.24, 2.45) is 5.41 Å². The largest absolute Gasteiger partial charge is 0.355 e. The van der Waals surface area contributed by atoms with Crippen molar-refractivity contribution in [3.8, 4) is 0 Å². The fourth-order valence-electron chi connectivity index (χ4n) is 3.66. The molecular weight excluding hydrogens is 288 g/mol. The SMILES string of the molecule is CCC(NC(=O)C1(C)CNC(=O)C1)c1ccc2c(c1)CCCC2. The minimum absolute atomic E-state index is 0.0160. The van der Waals surface area contributed by atoms with E-state index in [0.29, 0.717) is 6.54 Å². The molecule has 23 heavy (non-hydrogen) atoms. The predicted octanol–water partition coefficient (Wildman–Crippen LogP) is 2.66. The first-order chi connectivity index (χ1) is 11.0. The number of nitrogens with one attached hydrogen (secondary N) is 2. The van der Waals surface area contributed by atoms with Gasteiger partial charge in [0.25, 0.3) is 0 Å². The molecule has 2 unspecified atom stereocenters. The van der Waals surface area contributed by atoms with Crippen LogP contribution in [-0.4, -0.2) is 18.4 Å². The standard InChI is InChI=1S/C19H26N2O2/c1-3-16(21-18(23)19(2)11-17(22)20-12-19)15-9-8-13-6-4-5-7-14(13)10-15/h8-10,16H,3-7,11-12H2,1-2H3,(H,20,22)(H,21,23). The highest BCUT2D eigenvalue weighted by atomic mass is 16.2. The third kappa shape index (κ3) is 3.26. The minimum Gasteiger partial charge on any atom is -0.355 e. The van der Waals surface area contributed by atoms with Crippen LogP contribution >= 0.6 is 0 Å². The quantitative estimate of drug-likeness (QED) is 0.897. The lowest BCUT2D eigenvalue weighted by molar-refractivity contribution is -0.131. The van der Waals surface area contributed by atoms with E-state index in [-0.39, 0.29) is 24.3 Å². The fourth-order valence-corrected chi connectivity index (χ4v) is 3.66. The second-order valence-corrected chi connectivity index (χ2v) is 7.18. The Kier molecular flexibility index (Phi) is 4.42. The van der Waals surface area contributed by atoms with Gasteiger partial charge in [0, 0.05) is 13.0 Å². The Bertz CT molecular complexity index is 626. The van der Waals surface area contributed by atoms with Crippen molar-refractivity contribution in [2.45, 2.75) is 58.4 Å². The van der Waals surface area contributed by atoms with Crippen LogP contribution in [0.25, 0.3) is 0 Å². The fraction of sp³-hybridized carbons (Fsp3) is 0.579. The lowest BCUT2D eigenvalue weighted by Crippen LogP contribution is -2.42. The van der Waals surface area contributed by atoms with E-state index >= 15 is 0 Å². The number of carbonyl (C=O) groups excluding carboxylic acids is 2. The summed E-state index contributed by atoms with van der Waals surface area (Å²) in [6.45, 7) is 4.38. The first-order valence-electron chi connectivity index (χ1n) is 8.71. The molecule has 124 valence electrons. The monoisotopic (exact) mass is 314 g/mol. The Morgan fingerprint density at radius 2 is 2.04 bits per heavy atom. The average molecular weight is 314 g/mol. The molecule has 0 radical (unpaired) electrons. The molecule has 4 heteroatoms. The molecule has 0 saturated carbocycles. The van der Waals surface area contributed by atoms with Crippen LogP contribution in [0.5, 0.6) is 0 Å². The Morgan fingerprint density at radius 3 is 2.70 bits per heavy atom. The van der Waals surface area contributed by atoms with Crippen LogP contribution < -0.4 is 10.6 Å².